The summed E-state index contributed by atoms with van der Waals surface area (Å²) in [6.45, 7) is 1.47. The fourth-order valence-corrected chi connectivity index (χ4v) is 5.26. The summed E-state index contributed by atoms with van der Waals surface area (Å²) in [5, 5.41) is 12.7. The number of aryl methyl sites for hydroxylation is 1. The third-order valence-electron chi connectivity index (χ3n) is 5.80. The van der Waals surface area contributed by atoms with Crippen molar-refractivity contribution in [3.8, 4) is 10.6 Å². The number of benzene rings is 1. The number of nitrogens with one attached hydrogen (secondary N) is 2. The van der Waals surface area contributed by atoms with Crippen molar-refractivity contribution in [2.75, 3.05) is 27.2 Å². The number of aromatic amines is 1. The van der Waals surface area contributed by atoms with Crippen molar-refractivity contribution in [3.63, 3.8) is 0 Å². The molecule has 3 aromatic heterocycles. The van der Waals surface area contributed by atoms with Crippen molar-refractivity contribution in [1.82, 2.24) is 25.4 Å². The second kappa shape index (κ2) is 7.81. The third-order valence-corrected chi connectivity index (χ3v) is 6.89. The molecule has 0 bridgehead atoms. The number of amides is 1. The molecule has 0 atom stereocenters. The van der Waals surface area contributed by atoms with Gasteiger partial charge in [-0.1, -0.05) is 0 Å². The van der Waals surface area contributed by atoms with Crippen molar-refractivity contribution in [3.05, 3.63) is 46.5 Å². The molecule has 5 rings (SSSR count). The van der Waals surface area contributed by atoms with E-state index in [1.807, 2.05) is 32.4 Å². The maximum absolute atomic E-state index is 12.5. The summed E-state index contributed by atoms with van der Waals surface area (Å²) in [5.74, 6) is -0.0112. The molecule has 3 heterocycles. The molecule has 1 aliphatic carbocycles. The molecule has 0 radical (unpaired) electrons. The van der Waals surface area contributed by atoms with E-state index in [1.165, 1.54) is 40.7 Å². The predicted octanol–water partition coefficient (Wildman–Crippen LogP) is 4.01. The van der Waals surface area contributed by atoms with Crippen LogP contribution in [-0.2, 0) is 12.8 Å². The zero-order valence-corrected chi connectivity index (χ0v) is 18.1. The molecule has 1 amide bonds. The van der Waals surface area contributed by atoms with Crippen molar-refractivity contribution < 1.29 is 4.79 Å². The Kier molecular flexibility index (Phi) is 5.00. The van der Waals surface area contributed by atoms with E-state index < -0.39 is 0 Å². The van der Waals surface area contributed by atoms with Crippen LogP contribution in [-0.4, -0.2) is 53.2 Å². The molecule has 30 heavy (non-hydrogen) atoms. The lowest BCUT2D eigenvalue weighted by molar-refractivity contribution is 0.0955. The second-order valence-electron chi connectivity index (χ2n) is 8.14. The molecular formula is C23H25N5OS. The van der Waals surface area contributed by atoms with Gasteiger partial charge < -0.3 is 10.2 Å². The van der Waals surface area contributed by atoms with Gasteiger partial charge in [0, 0.05) is 23.9 Å². The molecule has 4 aromatic rings. The quantitative estimate of drug-likeness (QED) is 0.513. The van der Waals surface area contributed by atoms with E-state index in [0.29, 0.717) is 6.54 Å². The minimum atomic E-state index is -0.0112. The standard InChI is InChI=1S/C23H25N5OS/c1-28(2)12-11-24-23(29)20-10-9-19(30-20)22-15-6-4-3-5-14(15)21-16-13-25-27-17(16)7-8-18(21)26-22/h7-10,13H,3-6,11-12H2,1-2H3,(H,24,29)(H,25,27). The molecule has 0 spiro atoms. The molecule has 0 aliphatic heterocycles. The Morgan fingerprint density at radius 1 is 1.17 bits per heavy atom. The number of carbonyl (C=O) groups excluding carboxylic acids is 1. The van der Waals surface area contributed by atoms with Gasteiger partial charge in [0.05, 0.1) is 32.7 Å². The molecule has 0 saturated carbocycles. The monoisotopic (exact) mass is 419 g/mol. The smallest absolute Gasteiger partial charge is 0.261 e. The van der Waals surface area contributed by atoms with Crippen LogP contribution in [0.1, 0.15) is 33.6 Å². The number of hydrogen-bond acceptors (Lipinski definition) is 5. The first-order valence-electron chi connectivity index (χ1n) is 10.4. The van der Waals surface area contributed by atoms with Crippen LogP contribution >= 0.6 is 11.3 Å². The Balaban J connectivity index is 1.56. The van der Waals surface area contributed by atoms with E-state index in [-0.39, 0.29) is 5.91 Å². The van der Waals surface area contributed by atoms with Gasteiger partial charge in [0.25, 0.3) is 5.91 Å². The summed E-state index contributed by atoms with van der Waals surface area (Å²) in [6.07, 6.45) is 6.38. The molecule has 1 aliphatic rings. The molecule has 6 nitrogen and oxygen atoms in total. The van der Waals surface area contributed by atoms with Crippen molar-refractivity contribution >= 4 is 39.0 Å². The Bertz CT molecular complexity index is 1240. The fraction of sp³-hybridized carbons (Fsp3) is 0.348. The molecule has 0 fully saturated rings. The molecule has 154 valence electrons. The van der Waals surface area contributed by atoms with Gasteiger partial charge in [-0.05, 0) is 75.2 Å². The van der Waals surface area contributed by atoms with E-state index >= 15 is 0 Å². The van der Waals surface area contributed by atoms with Gasteiger partial charge in [0.1, 0.15) is 0 Å². The van der Waals surface area contributed by atoms with Gasteiger partial charge in [-0.3, -0.25) is 9.89 Å². The summed E-state index contributed by atoms with van der Waals surface area (Å²) < 4.78 is 0. The van der Waals surface area contributed by atoms with Crippen molar-refractivity contribution in [2.24, 2.45) is 0 Å². The third kappa shape index (κ3) is 3.38. The second-order valence-corrected chi connectivity index (χ2v) is 9.22. The average Bonchev–Trinajstić information content (AvgIpc) is 3.42. The zero-order chi connectivity index (χ0) is 20.7. The van der Waals surface area contributed by atoms with Crippen LogP contribution in [0, 0.1) is 0 Å². The number of thiophene rings is 1. The highest BCUT2D eigenvalue weighted by Gasteiger charge is 2.22. The predicted molar refractivity (Wildman–Crippen MR) is 122 cm³/mol. The van der Waals surface area contributed by atoms with Crippen LogP contribution in [0.3, 0.4) is 0 Å². The lowest BCUT2D eigenvalue weighted by Crippen LogP contribution is -2.30. The fourth-order valence-electron chi connectivity index (χ4n) is 4.32. The van der Waals surface area contributed by atoms with Gasteiger partial charge in [0.2, 0.25) is 0 Å². The van der Waals surface area contributed by atoms with E-state index in [0.717, 1.165) is 51.3 Å². The van der Waals surface area contributed by atoms with Crippen LogP contribution < -0.4 is 5.32 Å². The topological polar surface area (TPSA) is 73.9 Å². The SMILES string of the molecule is CN(C)CCNC(=O)c1ccc(-c2nc3ccc4[nH]ncc4c3c3c2CCCC3)s1. The number of rotatable bonds is 5. The highest BCUT2D eigenvalue weighted by Crippen LogP contribution is 2.39. The average molecular weight is 420 g/mol. The lowest BCUT2D eigenvalue weighted by atomic mass is 9.86. The first-order chi connectivity index (χ1) is 14.6. The number of hydrogen-bond donors (Lipinski definition) is 2. The Morgan fingerprint density at radius 2 is 2.00 bits per heavy atom. The van der Waals surface area contributed by atoms with Gasteiger partial charge in [-0.2, -0.15) is 5.10 Å². The van der Waals surface area contributed by atoms with Crippen LogP contribution in [0.4, 0.5) is 0 Å². The number of fused-ring (bicyclic) bond motifs is 5. The molecule has 1 aromatic carbocycles. The maximum atomic E-state index is 12.5. The van der Waals surface area contributed by atoms with E-state index in [1.54, 1.807) is 0 Å². The molecule has 7 heteroatoms. The van der Waals surface area contributed by atoms with Gasteiger partial charge in [-0.15, -0.1) is 11.3 Å². The maximum Gasteiger partial charge on any atom is 0.261 e. The summed E-state index contributed by atoms with van der Waals surface area (Å²) in [5.41, 5.74) is 5.84. The Labute approximate surface area is 179 Å². The van der Waals surface area contributed by atoms with Gasteiger partial charge in [-0.25, -0.2) is 4.98 Å². The van der Waals surface area contributed by atoms with E-state index in [4.69, 9.17) is 4.98 Å². The number of likely N-dealkylation sites (N-methyl/N-ethyl adjacent to an activating group) is 1. The van der Waals surface area contributed by atoms with Crippen LogP contribution in [0.25, 0.3) is 32.4 Å². The molecule has 0 saturated heterocycles. The van der Waals surface area contributed by atoms with Crippen LogP contribution in [0.2, 0.25) is 0 Å². The first-order valence-corrected chi connectivity index (χ1v) is 11.2. The van der Waals surface area contributed by atoms with E-state index in [9.17, 15) is 4.79 Å². The largest absolute Gasteiger partial charge is 0.350 e. The Morgan fingerprint density at radius 3 is 2.83 bits per heavy atom. The number of nitrogens with zero attached hydrogens (tertiary/aromatic N) is 3. The van der Waals surface area contributed by atoms with Gasteiger partial charge in [0.15, 0.2) is 0 Å². The molecule has 2 N–H and O–H groups in total. The lowest BCUT2D eigenvalue weighted by Gasteiger charge is -2.21. The van der Waals surface area contributed by atoms with Crippen molar-refractivity contribution in [2.45, 2.75) is 25.7 Å². The number of aromatic nitrogens is 3. The van der Waals surface area contributed by atoms with Crippen LogP contribution in [0.5, 0.6) is 0 Å². The van der Waals surface area contributed by atoms with E-state index in [2.05, 4.69) is 32.5 Å². The molecule has 0 unspecified atom stereocenters. The van der Waals surface area contributed by atoms with Gasteiger partial charge >= 0.3 is 0 Å². The minimum Gasteiger partial charge on any atom is -0.350 e. The number of pyridine rings is 1. The number of carbonyl (C=O) groups is 1. The summed E-state index contributed by atoms with van der Waals surface area (Å²) in [6, 6.07) is 8.10. The summed E-state index contributed by atoms with van der Waals surface area (Å²) >= 11 is 1.53. The zero-order valence-electron chi connectivity index (χ0n) is 17.3. The highest BCUT2D eigenvalue weighted by atomic mass is 32.1. The summed E-state index contributed by atoms with van der Waals surface area (Å²) in [4.78, 5) is 21.5. The molecular weight excluding hydrogens is 394 g/mol. The number of H-pyrrole nitrogens is 1. The Hall–Kier alpha value is -2.77. The van der Waals surface area contributed by atoms with Crippen LogP contribution in [0.15, 0.2) is 30.5 Å². The highest BCUT2D eigenvalue weighted by molar-refractivity contribution is 7.17. The summed E-state index contributed by atoms with van der Waals surface area (Å²) in [7, 11) is 4.00. The normalized spacial score (nSPS) is 13.8. The van der Waals surface area contributed by atoms with Crippen molar-refractivity contribution in [1.29, 1.82) is 0 Å². The minimum absolute atomic E-state index is 0.0112. The first kappa shape index (κ1) is 19.2.